The minimum atomic E-state index is -3.63. The lowest BCUT2D eigenvalue weighted by Crippen LogP contribution is -2.48. The van der Waals surface area contributed by atoms with Crippen molar-refractivity contribution in [2.45, 2.75) is 31.7 Å². The Balaban J connectivity index is 1.49. The molecule has 2 fully saturated rings. The van der Waals surface area contributed by atoms with E-state index in [1.54, 1.807) is 18.2 Å². The largest absolute Gasteiger partial charge is 0.494 e. The molecule has 0 atom stereocenters. The number of morpholine rings is 1. The monoisotopic (exact) mass is 657 g/mol. The van der Waals surface area contributed by atoms with Crippen molar-refractivity contribution in [1.82, 2.24) is 33.7 Å². The molecule has 0 unspecified atom stereocenters. The summed E-state index contributed by atoms with van der Waals surface area (Å²) in [7, 11) is 1.72. The first kappa shape index (κ1) is 32.5. The first-order chi connectivity index (χ1) is 21.1. The van der Waals surface area contributed by atoms with Crippen molar-refractivity contribution in [2.24, 2.45) is 0 Å². The van der Waals surface area contributed by atoms with Gasteiger partial charge in [-0.15, -0.1) is 11.6 Å². The van der Waals surface area contributed by atoms with Crippen LogP contribution in [0.2, 0.25) is 0 Å². The molecular formula is C27H38ClF2N9O4S. The fraction of sp³-hybridized carbons (Fsp3) is 0.630. The fourth-order valence-corrected chi connectivity index (χ4v) is 7.18. The van der Waals surface area contributed by atoms with Gasteiger partial charge in [0, 0.05) is 38.8 Å². The van der Waals surface area contributed by atoms with Crippen LogP contribution in [0.25, 0.3) is 17.0 Å². The Kier molecular flexibility index (Phi) is 10.3. The zero-order chi connectivity index (χ0) is 31.4. The number of para-hydroxylation sites is 1. The second-order valence-electron chi connectivity index (χ2n) is 11.0. The maximum Gasteiger partial charge on any atom is 0.296 e. The Labute approximate surface area is 260 Å². The number of fused-ring (bicyclic) bond motifs is 1. The van der Waals surface area contributed by atoms with Gasteiger partial charge in [-0.2, -0.15) is 19.3 Å². The number of piperidine rings is 1. The lowest BCUT2D eigenvalue weighted by atomic mass is 10.1. The SMILES string of the molecule is COc1cccc2c1nc(C(F)F)n2-c1nc(N2CCOCC2)nc(N2CCC(N(CCCN(C)C)S(=O)(=O)CCl)CC2)n1. The number of halogens is 3. The van der Waals surface area contributed by atoms with Crippen LogP contribution >= 0.6 is 11.6 Å². The van der Waals surface area contributed by atoms with Crippen LogP contribution in [0.1, 0.15) is 31.5 Å². The molecule has 242 valence electrons. The summed E-state index contributed by atoms with van der Waals surface area (Å²) < 4.78 is 68.2. The lowest BCUT2D eigenvalue weighted by molar-refractivity contribution is 0.122. The van der Waals surface area contributed by atoms with Crippen LogP contribution in [0.3, 0.4) is 0 Å². The fourth-order valence-electron chi connectivity index (χ4n) is 5.61. The molecule has 0 N–H and O–H groups in total. The minimum absolute atomic E-state index is 0.0136. The number of rotatable bonds is 12. The Bertz CT molecular complexity index is 1530. The van der Waals surface area contributed by atoms with E-state index < -0.39 is 27.5 Å². The van der Waals surface area contributed by atoms with Crippen LogP contribution in [0.5, 0.6) is 5.75 Å². The van der Waals surface area contributed by atoms with Crippen LogP contribution in [0.15, 0.2) is 18.2 Å². The third kappa shape index (κ3) is 6.98. The Hall–Kier alpha value is -2.92. The van der Waals surface area contributed by atoms with Crippen LogP contribution in [0, 0.1) is 0 Å². The van der Waals surface area contributed by atoms with Crippen molar-refractivity contribution in [3.8, 4) is 11.7 Å². The van der Waals surface area contributed by atoms with Crippen LogP contribution in [-0.4, -0.2) is 127 Å². The normalized spacial score (nSPS) is 17.0. The number of methoxy groups -OCH3 is 1. The summed E-state index contributed by atoms with van der Waals surface area (Å²) in [5.74, 6) is 0.525. The van der Waals surface area contributed by atoms with E-state index in [0.29, 0.717) is 88.4 Å². The average molecular weight is 658 g/mol. The molecule has 17 heteroatoms. The van der Waals surface area contributed by atoms with Gasteiger partial charge in [0.1, 0.15) is 16.5 Å². The molecule has 0 aliphatic carbocycles. The number of anilines is 2. The van der Waals surface area contributed by atoms with Gasteiger partial charge in [-0.05, 0) is 52.0 Å². The molecule has 0 spiro atoms. The highest BCUT2D eigenvalue weighted by atomic mass is 35.5. The third-order valence-corrected chi connectivity index (χ3v) is 10.1. The number of hydrogen-bond donors (Lipinski definition) is 0. The zero-order valence-corrected chi connectivity index (χ0v) is 26.6. The zero-order valence-electron chi connectivity index (χ0n) is 25.1. The molecule has 44 heavy (non-hydrogen) atoms. The standard InChI is InChI=1S/C27H38ClF2N9O4S/c1-35(2)10-5-11-38(44(40,41)18-28)19-8-12-36(13-9-19)25-32-26(37-14-16-43-17-15-37)34-27(33-25)39-20-6-4-7-21(42-3)22(20)31-24(39)23(29)30/h4,6-7,19,23H,5,8-18H2,1-3H3. The van der Waals surface area contributed by atoms with Gasteiger partial charge in [-0.25, -0.2) is 22.2 Å². The first-order valence-corrected chi connectivity index (χ1v) is 16.6. The molecule has 13 nitrogen and oxygen atoms in total. The van der Waals surface area contributed by atoms with Gasteiger partial charge in [0.15, 0.2) is 5.82 Å². The predicted octanol–water partition coefficient (Wildman–Crippen LogP) is 2.74. The number of benzene rings is 1. The van der Waals surface area contributed by atoms with Crippen molar-refractivity contribution in [3.05, 3.63) is 24.0 Å². The van der Waals surface area contributed by atoms with Crippen molar-refractivity contribution in [3.63, 3.8) is 0 Å². The van der Waals surface area contributed by atoms with Crippen molar-refractivity contribution >= 4 is 44.6 Å². The molecule has 2 aliphatic heterocycles. The van der Waals surface area contributed by atoms with E-state index in [9.17, 15) is 17.2 Å². The molecule has 2 aromatic heterocycles. The van der Waals surface area contributed by atoms with Crippen LogP contribution in [-0.2, 0) is 14.8 Å². The van der Waals surface area contributed by atoms with Gasteiger partial charge < -0.3 is 24.2 Å². The lowest BCUT2D eigenvalue weighted by Gasteiger charge is -2.38. The van der Waals surface area contributed by atoms with E-state index in [4.69, 9.17) is 26.1 Å². The molecule has 1 aromatic carbocycles. The summed E-state index contributed by atoms with van der Waals surface area (Å²) in [4.78, 5) is 24.2. The van der Waals surface area contributed by atoms with E-state index in [1.165, 1.54) is 16.0 Å². The second-order valence-corrected chi connectivity index (χ2v) is 13.5. The van der Waals surface area contributed by atoms with Gasteiger partial charge in [0.25, 0.3) is 6.43 Å². The summed E-state index contributed by atoms with van der Waals surface area (Å²) in [5, 5.41) is -0.481. The maximum absolute atomic E-state index is 14.4. The molecule has 3 aromatic rings. The highest BCUT2D eigenvalue weighted by Crippen LogP contribution is 2.33. The second kappa shape index (κ2) is 14.0. The quantitative estimate of drug-likeness (QED) is 0.267. The molecule has 2 saturated heterocycles. The van der Waals surface area contributed by atoms with Gasteiger partial charge >= 0.3 is 0 Å². The summed E-state index contributed by atoms with van der Waals surface area (Å²) >= 11 is 5.87. The van der Waals surface area contributed by atoms with E-state index >= 15 is 0 Å². The number of aromatic nitrogens is 5. The maximum atomic E-state index is 14.4. The van der Waals surface area contributed by atoms with Gasteiger partial charge in [0.2, 0.25) is 27.9 Å². The number of ether oxygens (including phenoxy) is 2. The van der Waals surface area contributed by atoms with Gasteiger partial charge in [-0.1, -0.05) is 6.07 Å². The topological polar surface area (TPSA) is 122 Å². The Morgan fingerprint density at radius 1 is 1.00 bits per heavy atom. The number of sulfonamides is 1. The average Bonchev–Trinajstić information content (AvgIpc) is 3.44. The highest BCUT2D eigenvalue weighted by Gasteiger charge is 2.33. The summed E-state index contributed by atoms with van der Waals surface area (Å²) in [6, 6.07) is 4.80. The smallest absolute Gasteiger partial charge is 0.296 e. The van der Waals surface area contributed by atoms with E-state index in [1.807, 2.05) is 28.8 Å². The van der Waals surface area contributed by atoms with Crippen LogP contribution in [0.4, 0.5) is 20.7 Å². The van der Waals surface area contributed by atoms with E-state index in [-0.39, 0.29) is 17.5 Å². The summed E-state index contributed by atoms with van der Waals surface area (Å²) in [6.07, 6.45) is -1.17. The molecule has 0 radical (unpaired) electrons. The molecular weight excluding hydrogens is 620 g/mol. The van der Waals surface area contributed by atoms with Crippen molar-refractivity contribution in [2.75, 3.05) is 88.7 Å². The third-order valence-electron chi connectivity index (χ3n) is 7.82. The number of alkyl halides is 3. The van der Waals surface area contributed by atoms with Gasteiger partial charge in [-0.3, -0.25) is 4.57 Å². The van der Waals surface area contributed by atoms with Crippen molar-refractivity contribution < 1.29 is 26.7 Å². The first-order valence-electron chi connectivity index (χ1n) is 14.5. The predicted molar refractivity (Wildman–Crippen MR) is 164 cm³/mol. The summed E-state index contributed by atoms with van der Waals surface area (Å²) in [6.45, 7) is 4.06. The van der Waals surface area contributed by atoms with Crippen molar-refractivity contribution in [1.29, 1.82) is 0 Å². The highest BCUT2D eigenvalue weighted by molar-refractivity contribution is 7.90. The molecule has 0 amide bonds. The molecule has 0 bridgehead atoms. The number of nitrogens with zero attached hydrogens (tertiary/aromatic N) is 9. The molecule has 2 aliphatic rings. The Morgan fingerprint density at radius 2 is 1.64 bits per heavy atom. The minimum Gasteiger partial charge on any atom is -0.494 e. The number of hydrogen-bond acceptors (Lipinski definition) is 11. The molecule has 5 rings (SSSR count). The van der Waals surface area contributed by atoms with E-state index in [2.05, 4.69) is 15.0 Å². The molecule has 0 saturated carbocycles. The Morgan fingerprint density at radius 3 is 2.23 bits per heavy atom. The van der Waals surface area contributed by atoms with Gasteiger partial charge in [0.05, 0.1) is 25.8 Å². The summed E-state index contributed by atoms with van der Waals surface area (Å²) in [5.41, 5.74) is 0.652. The molecule has 4 heterocycles. The van der Waals surface area contributed by atoms with Crippen LogP contribution < -0.4 is 14.5 Å². The van der Waals surface area contributed by atoms with E-state index in [0.717, 1.165) is 6.54 Å². The number of imidazole rings is 1.